The summed E-state index contributed by atoms with van der Waals surface area (Å²) in [5.41, 5.74) is 2.38. The highest BCUT2D eigenvalue weighted by Gasteiger charge is 2.15. The van der Waals surface area contributed by atoms with Gasteiger partial charge in [-0.3, -0.25) is 0 Å². The Morgan fingerprint density at radius 1 is 1.57 bits per heavy atom. The minimum absolute atomic E-state index is 0.756. The van der Waals surface area contributed by atoms with Gasteiger partial charge in [-0.1, -0.05) is 11.2 Å². The molecule has 1 N–H and O–H groups in total. The van der Waals surface area contributed by atoms with Gasteiger partial charge >= 0.3 is 0 Å². The van der Waals surface area contributed by atoms with Crippen LogP contribution in [0, 0.1) is 0 Å². The van der Waals surface area contributed by atoms with E-state index in [1.54, 1.807) is 6.20 Å². The van der Waals surface area contributed by atoms with Gasteiger partial charge in [0.05, 0.1) is 11.8 Å². The molecule has 0 amide bonds. The lowest BCUT2D eigenvalue weighted by atomic mass is 10.0. The van der Waals surface area contributed by atoms with Crippen LogP contribution in [-0.2, 0) is 0 Å². The minimum atomic E-state index is 0.756. The van der Waals surface area contributed by atoms with E-state index in [-0.39, 0.29) is 0 Å². The molecule has 0 fully saturated rings. The maximum Gasteiger partial charge on any atom is 0.231 e. The van der Waals surface area contributed by atoms with Crippen molar-refractivity contribution in [2.75, 3.05) is 32.5 Å². The van der Waals surface area contributed by atoms with Gasteiger partial charge in [-0.25, -0.2) is 0 Å². The van der Waals surface area contributed by atoms with Crippen LogP contribution in [0.1, 0.15) is 12.0 Å². The summed E-state index contributed by atoms with van der Waals surface area (Å²) in [5, 5.41) is 6.80. The first-order chi connectivity index (χ1) is 6.81. The highest BCUT2D eigenvalue weighted by atomic mass is 16.5. The molecule has 1 aromatic heterocycles. The first-order valence-electron chi connectivity index (χ1n) is 4.81. The van der Waals surface area contributed by atoms with Crippen molar-refractivity contribution in [1.29, 1.82) is 0 Å². The predicted octanol–water partition coefficient (Wildman–Crippen LogP) is 1.44. The molecule has 0 bridgehead atoms. The summed E-state index contributed by atoms with van der Waals surface area (Å²) >= 11 is 0. The van der Waals surface area contributed by atoms with Crippen LogP contribution in [0.3, 0.4) is 0 Å². The monoisotopic (exact) mass is 193 g/mol. The van der Waals surface area contributed by atoms with Crippen LogP contribution in [0.15, 0.2) is 16.8 Å². The number of nitrogens with one attached hydrogen (secondary N) is 1. The van der Waals surface area contributed by atoms with E-state index in [4.69, 9.17) is 4.52 Å². The van der Waals surface area contributed by atoms with Gasteiger partial charge < -0.3 is 14.7 Å². The first kappa shape index (κ1) is 9.27. The van der Waals surface area contributed by atoms with Gasteiger partial charge in [0.25, 0.3) is 0 Å². The van der Waals surface area contributed by atoms with Gasteiger partial charge in [-0.2, -0.15) is 0 Å². The third-order valence-electron chi connectivity index (χ3n) is 2.49. The van der Waals surface area contributed by atoms with Crippen molar-refractivity contribution in [1.82, 2.24) is 10.1 Å². The molecule has 1 aliphatic heterocycles. The Balaban J connectivity index is 2.26. The molecular weight excluding hydrogens is 178 g/mol. The molecule has 0 unspecified atom stereocenters. The van der Waals surface area contributed by atoms with E-state index in [1.165, 1.54) is 5.57 Å². The molecule has 76 valence electrons. The number of hydrogen-bond donors (Lipinski definition) is 1. The number of rotatable bonds is 2. The number of likely N-dealkylation sites (N-methyl/N-ethyl adjacent to an activating group) is 1. The van der Waals surface area contributed by atoms with Crippen LogP contribution >= 0.6 is 0 Å². The molecule has 0 spiro atoms. The zero-order valence-electron chi connectivity index (χ0n) is 8.58. The molecular formula is C10H15N3O. The summed E-state index contributed by atoms with van der Waals surface area (Å²) in [6.45, 7) is 2.10. The molecule has 14 heavy (non-hydrogen) atoms. The third-order valence-corrected chi connectivity index (χ3v) is 2.49. The fourth-order valence-corrected chi connectivity index (χ4v) is 1.74. The predicted molar refractivity (Wildman–Crippen MR) is 56.1 cm³/mol. The molecule has 0 atom stereocenters. The van der Waals surface area contributed by atoms with Gasteiger partial charge in [-0.05, 0) is 19.0 Å². The largest absolute Gasteiger partial charge is 0.357 e. The average Bonchev–Trinajstić information content (AvgIpc) is 2.65. The molecule has 0 aromatic carbocycles. The molecule has 4 nitrogen and oxygen atoms in total. The molecule has 1 aliphatic rings. The molecule has 0 saturated carbocycles. The van der Waals surface area contributed by atoms with Gasteiger partial charge in [0.1, 0.15) is 0 Å². The first-order valence-corrected chi connectivity index (χ1v) is 4.81. The zero-order valence-corrected chi connectivity index (χ0v) is 8.58. The highest BCUT2D eigenvalue weighted by Crippen LogP contribution is 2.26. The minimum Gasteiger partial charge on any atom is -0.357 e. The topological polar surface area (TPSA) is 41.3 Å². The van der Waals surface area contributed by atoms with Crippen molar-refractivity contribution >= 4 is 11.5 Å². The lowest BCUT2D eigenvalue weighted by Crippen LogP contribution is -2.24. The van der Waals surface area contributed by atoms with Crippen molar-refractivity contribution in [2.45, 2.75) is 6.42 Å². The van der Waals surface area contributed by atoms with Gasteiger partial charge in [0.2, 0.25) is 5.88 Å². The molecule has 2 rings (SSSR count). The second kappa shape index (κ2) is 3.84. The van der Waals surface area contributed by atoms with Crippen LogP contribution in [0.25, 0.3) is 5.57 Å². The SMILES string of the molecule is CNc1oncc1C1=CCCN(C)C1. The standard InChI is InChI=1S/C10H15N3O/c1-11-10-9(6-12-14-10)8-4-3-5-13(2)7-8/h4,6,11H,3,5,7H2,1-2H3. The normalized spacial score (nSPS) is 18.0. The summed E-state index contributed by atoms with van der Waals surface area (Å²) in [6, 6.07) is 0. The summed E-state index contributed by atoms with van der Waals surface area (Å²) in [6.07, 6.45) is 5.13. The third kappa shape index (κ3) is 1.65. The average molecular weight is 193 g/mol. The molecule has 1 aromatic rings. The van der Waals surface area contributed by atoms with E-state index in [0.29, 0.717) is 0 Å². The van der Waals surface area contributed by atoms with E-state index in [1.807, 2.05) is 7.05 Å². The van der Waals surface area contributed by atoms with Crippen LogP contribution in [0.2, 0.25) is 0 Å². The van der Waals surface area contributed by atoms with Crippen LogP contribution in [0.5, 0.6) is 0 Å². The molecule has 0 radical (unpaired) electrons. The van der Waals surface area contributed by atoms with Gasteiger partial charge in [0, 0.05) is 20.1 Å². The Bertz CT molecular complexity index is 343. The molecule has 0 aliphatic carbocycles. The van der Waals surface area contributed by atoms with Crippen LogP contribution < -0.4 is 5.32 Å². The molecule has 0 saturated heterocycles. The van der Waals surface area contributed by atoms with Crippen molar-refractivity contribution in [3.05, 3.63) is 17.8 Å². The maximum atomic E-state index is 5.08. The van der Waals surface area contributed by atoms with Crippen LogP contribution in [0.4, 0.5) is 5.88 Å². The second-order valence-corrected chi connectivity index (χ2v) is 3.57. The van der Waals surface area contributed by atoms with Crippen molar-refractivity contribution in [2.24, 2.45) is 0 Å². The smallest absolute Gasteiger partial charge is 0.231 e. The highest BCUT2D eigenvalue weighted by molar-refractivity contribution is 5.74. The fourth-order valence-electron chi connectivity index (χ4n) is 1.74. The number of aromatic nitrogens is 1. The maximum absolute atomic E-state index is 5.08. The summed E-state index contributed by atoms with van der Waals surface area (Å²) in [5.74, 6) is 0.756. The van der Waals surface area contributed by atoms with E-state index in [9.17, 15) is 0 Å². The Labute approximate surface area is 83.6 Å². The Kier molecular flexibility index (Phi) is 2.54. The van der Waals surface area contributed by atoms with E-state index in [0.717, 1.165) is 31.0 Å². The quantitative estimate of drug-likeness (QED) is 0.771. The van der Waals surface area contributed by atoms with E-state index >= 15 is 0 Å². The number of nitrogens with zero attached hydrogens (tertiary/aromatic N) is 2. The van der Waals surface area contributed by atoms with Crippen molar-refractivity contribution in [3.8, 4) is 0 Å². The van der Waals surface area contributed by atoms with E-state index in [2.05, 4.69) is 28.5 Å². The fraction of sp³-hybridized carbons (Fsp3) is 0.500. The lowest BCUT2D eigenvalue weighted by Gasteiger charge is -2.22. The number of anilines is 1. The number of hydrogen-bond acceptors (Lipinski definition) is 4. The summed E-state index contributed by atoms with van der Waals surface area (Å²) in [7, 11) is 3.97. The second-order valence-electron chi connectivity index (χ2n) is 3.57. The molecule has 4 heteroatoms. The van der Waals surface area contributed by atoms with Crippen LogP contribution in [-0.4, -0.2) is 37.2 Å². The lowest BCUT2D eigenvalue weighted by molar-refractivity contribution is 0.372. The summed E-state index contributed by atoms with van der Waals surface area (Å²) in [4.78, 5) is 2.29. The van der Waals surface area contributed by atoms with Crippen molar-refractivity contribution < 1.29 is 4.52 Å². The summed E-state index contributed by atoms with van der Waals surface area (Å²) < 4.78 is 5.08. The Morgan fingerprint density at radius 2 is 2.43 bits per heavy atom. The van der Waals surface area contributed by atoms with Crippen molar-refractivity contribution in [3.63, 3.8) is 0 Å². The van der Waals surface area contributed by atoms with E-state index < -0.39 is 0 Å². The Morgan fingerprint density at radius 3 is 3.14 bits per heavy atom. The molecule has 2 heterocycles. The zero-order chi connectivity index (χ0) is 9.97. The van der Waals surface area contributed by atoms with Gasteiger partial charge in [0.15, 0.2) is 0 Å². The Hall–Kier alpha value is -1.29. The van der Waals surface area contributed by atoms with Gasteiger partial charge in [-0.15, -0.1) is 0 Å².